The predicted molar refractivity (Wildman–Crippen MR) is 77.5 cm³/mol. The first-order chi connectivity index (χ1) is 9.70. The Bertz CT molecular complexity index is 560. The van der Waals surface area contributed by atoms with Gasteiger partial charge in [-0.2, -0.15) is 0 Å². The first-order valence-electron chi connectivity index (χ1n) is 6.07. The van der Waals surface area contributed by atoms with Crippen LogP contribution in [-0.2, 0) is 0 Å². The van der Waals surface area contributed by atoms with Crippen molar-refractivity contribution >= 4 is 17.7 Å². The first-order valence-corrected chi connectivity index (χ1v) is 7.29. The number of aliphatic hydroxyl groups excluding tert-OH is 1. The number of hydrogen-bond donors (Lipinski definition) is 2. The molecule has 0 fully saturated rings. The maximum Gasteiger partial charge on any atom is 0.271 e. The molecular formula is C14H15N3O2S. The van der Waals surface area contributed by atoms with Crippen molar-refractivity contribution < 1.29 is 9.90 Å². The molecule has 1 amide bonds. The van der Waals surface area contributed by atoms with Gasteiger partial charge in [-0.1, -0.05) is 12.1 Å². The molecule has 0 radical (unpaired) electrons. The predicted octanol–water partition coefficient (Wildman–Crippen LogP) is 1.66. The van der Waals surface area contributed by atoms with Gasteiger partial charge in [0.25, 0.3) is 5.91 Å². The fourth-order valence-electron chi connectivity index (χ4n) is 1.64. The van der Waals surface area contributed by atoms with Crippen LogP contribution in [0, 0.1) is 0 Å². The van der Waals surface area contributed by atoms with E-state index in [2.05, 4.69) is 15.3 Å². The lowest BCUT2D eigenvalue weighted by Gasteiger charge is -2.12. The van der Waals surface area contributed by atoms with Crippen molar-refractivity contribution in [2.75, 3.05) is 12.8 Å². The molecule has 2 rings (SSSR count). The average Bonchev–Trinajstić information content (AvgIpc) is 2.53. The summed E-state index contributed by atoms with van der Waals surface area (Å²) < 4.78 is 0. The summed E-state index contributed by atoms with van der Waals surface area (Å²) >= 11 is 1.64. The molecule has 6 heteroatoms. The zero-order chi connectivity index (χ0) is 14.4. The SMILES string of the molecule is CSc1ccc(C(O)CNC(=O)c2cnccn2)cc1. The maximum atomic E-state index is 11.8. The van der Waals surface area contributed by atoms with Crippen molar-refractivity contribution in [3.63, 3.8) is 0 Å². The smallest absolute Gasteiger partial charge is 0.271 e. The molecule has 1 unspecified atom stereocenters. The molecule has 104 valence electrons. The van der Waals surface area contributed by atoms with Crippen molar-refractivity contribution in [3.8, 4) is 0 Å². The number of thioether (sulfide) groups is 1. The standard InChI is InChI=1S/C14H15N3O2S/c1-20-11-4-2-10(3-5-11)13(18)9-17-14(19)12-8-15-6-7-16-12/h2-8,13,18H,9H2,1H3,(H,17,19). The normalized spacial score (nSPS) is 11.9. The molecule has 0 aliphatic carbocycles. The Morgan fingerprint density at radius 1 is 1.35 bits per heavy atom. The third kappa shape index (κ3) is 3.79. The number of nitrogens with one attached hydrogen (secondary N) is 1. The van der Waals surface area contributed by atoms with E-state index in [-0.39, 0.29) is 18.1 Å². The van der Waals surface area contributed by atoms with Crippen molar-refractivity contribution in [3.05, 3.63) is 54.1 Å². The quantitative estimate of drug-likeness (QED) is 0.819. The number of carbonyl (C=O) groups is 1. The van der Waals surface area contributed by atoms with E-state index >= 15 is 0 Å². The van der Waals surface area contributed by atoms with Crippen LogP contribution in [0.25, 0.3) is 0 Å². The highest BCUT2D eigenvalue weighted by Gasteiger charge is 2.11. The van der Waals surface area contributed by atoms with Crippen LogP contribution < -0.4 is 5.32 Å². The van der Waals surface area contributed by atoms with Crippen molar-refractivity contribution in [2.24, 2.45) is 0 Å². The van der Waals surface area contributed by atoms with E-state index < -0.39 is 6.10 Å². The van der Waals surface area contributed by atoms with Crippen LogP contribution in [0.3, 0.4) is 0 Å². The summed E-state index contributed by atoms with van der Waals surface area (Å²) in [6, 6.07) is 7.58. The fraction of sp³-hybridized carbons (Fsp3) is 0.214. The van der Waals surface area contributed by atoms with E-state index in [1.54, 1.807) is 11.8 Å². The monoisotopic (exact) mass is 289 g/mol. The minimum Gasteiger partial charge on any atom is -0.387 e. The second kappa shape index (κ2) is 7.02. The van der Waals surface area contributed by atoms with Gasteiger partial charge in [-0.25, -0.2) is 4.98 Å². The molecule has 2 aromatic rings. The van der Waals surface area contributed by atoms with Crippen molar-refractivity contribution in [1.82, 2.24) is 15.3 Å². The Labute approximate surface area is 121 Å². The fourth-order valence-corrected chi connectivity index (χ4v) is 2.05. The molecule has 0 saturated carbocycles. The second-order valence-electron chi connectivity index (χ2n) is 4.09. The lowest BCUT2D eigenvalue weighted by molar-refractivity contribution is 0.0911. The lowest BCUT2D eigenvalue weighted by atomic mass is 10.1. The van der Waals surface area contributed by atoms with Gasteiger partial charge >= 0.3 is 0 Å². The van der Waals surface area contributed by atoms with Gasteiger partial charge in [0.05, 0.1) is 12.3 Å². The Kier molecular flexibility index (Phi) is 5.09. The molecule has 1 aromatic heterocycles. The van der Waals surface area contributed by atoms with E-state index in [0.717, 1.165) is 10.5 Å². The van der Waals surface area contributed by atoms with Gasteiger partial charge in [0.15, 0.2) is 0 Å². The average molecular weight is 289 g/mol. The first kappa shape index (κ1) is 14.5. The summed E-state index contributed by atoms with van der Waals surface area (Å²) in [4.78, 5) is 20.6. The number of carbonyl (C=O) groups excluding carboxylic acids is 1. The Morgan fingerprint density at radius 2 is 2.10 bits per heavy atom. The molecule has 0 aliphatic rings. The Morgan fingerprint density at radius 3 is 2.70 bits per heavy atom. The van der Waals surface area contributed by atoms with Crippen molar-refractivity contribution in [2.45, 2.75) is 11.0 Å². The summed E-state index contributed by atoms with van der Waals surface area (Å²) in [5.74, 6) is -0.349. The number of benzene rings is 1. The molecule has 1 atom stereocenters. The number of aliphatic hydroxyl groups is 1. The van der Waals surface area contributed by atoms with Gasteiger partial charge < -0.3 is 10.4 Å². The molecule has 5 nitrogen and oxygen atoms in total. The van der Waals surface area contributed by atoms with E-state index in [1.807, 2.05) is 30.5 Å². The summed E-state index contributed by atoms with van der Waals surface area (Å²) in [5, 5.41) is 12.7. The Balaban J connectivity index is 1.91. The molecule has 20 heavy (non-hydrogen) atoms. The minimum absolute atomic E-state index is 0.133. The number of hydrogen-bond acceptors (Lipinski definition) is 5. The van der Waals surface area contributed by atoms with E-state index in [1.165, 1.54) is 18.6 Å². The topological polar surface area (TPSA) is 75.1 Å². The van der Waals surface area contributed by atoms with E-state index in [9.17, 15) is 9.90 Å². The van der Waals surface area contributed by atoms with Crippen LogP contribution in [0.1, 0.15) is 22.2 Å². The number of amides is 1. The lowest BCUT2D eigenvalue weighted by Crippen LogP contribution is -2.29. The molecule has 0 spiro atoms. The van der Waals surface area contributed by atoms with E-state index in [0.29, 0.717) is 0 Å². The minimum atomic E-state index is -0.744. The number of aromatic nitrogens is 2. The largest absolute Gasteiger partial charge is 0.387 e. The Hall–Kier alpha value is -1.92. The zero-order valence-corrected chi connectivity index (χ0v) is 11.8. The maximum absolute atomic E-state index is 11.8. The van der Waals surface area contributed by atoms with Gasteiger partial charge in [0.1, 0.15) is 5.69 Å². The zero-order valence-electron chi connectivity index (χ0n) is 11.0. The van der Waals surface area contributed by atoms with Gasteiger partial charge in [-0.3, -0.25) is 9.78 Å². The molecular weight excluding hydrogens is 274 g/mol. The van der Waals surface area contributed by atoms with Gasteiger partial charge in [0.2, 0.25) is 0 Å². The van der Waals surface area contributed by atoms with Gasteiger partial charge in [-0.05, 0) is 24.0 Å². The van der Waals surface area contributed by atoms with Crippen LogP contribution in [-0.4, -0.2) is 33.8 Å². The van der Waals surface area contributed by atoms with Gasteiger partial charge in [0, 0.05) is 23.8 Å². The summed E-state index contributed by atoms with van der Waals surface area (Å²) in [6.07, 6.45) is 5.58. The molecule has 0 saturated heterocycles. The van der Waals surface area contributed by atoms with Crippen molar-refractivity contribution in [1.29, 1.82) is 0 Å². The second-order valence-corrected chi connectivity index (χ2v) is 4.97. The van der Waals surface area contributed by atoms with Crippen LogP contribution in [0.2, 0.25) is 0 Å². The van der Waals surface area contributed by atoms with E-state index in [4.69, 9.17) is 0 Å². The summed E-state index contributed by atoms with van der Waals surface area (Å²) in [5.41, 5.74) is 1.000. The van der Waals surface area contributed by atoms with Crippen LogP contribution in [0.5, 0.6) is 0 Å². The number of nitrogens with zero attached hydrogens (tertiary/aromatic N) is 2. The molecule has 1 aromatic carbocycles. The molecule has 0 aliphatic heterocycles. The summed E-state index contributed by atoms with van der Waals surface area (Å²) in [7, 11) is 0. The van der Waals surface area contributed by atoms with Crippen LogP contribution in [0.4, 0.5) is 0 Å². The van der Waals surface area contributed by atoms with Crippen LogP contribution in [0.15, 0.2) is 47.8 Å². The highest BCUT2D eigenvalue weighted by Crippen LogP contribution is 2.18. The molecule has 2 N–H and O–H groups in total. The molecule has 0 bridgehead atoms. The third-order valence-corrected chi connectivity index (χ3v) is 3.50. The highest BCUT2D eigenvalue weighted by molar-refractivity contribution is 7.98. The van der Waals surface area contributed by atoms with Gasteiger partial charge in [-0.15, -0.1) is 11.8 Å². The summed E-state index contributed by atoms with van der Waals surface area (Å²) in [6.45, 7) is 0.133. The molecule has 1 heterocycles. The number of rotatable bonds is 5. The third-order valence-electron chi connectivity index (χ3n) is 2.75. The van der Waals surface area contributed by atoms with Crippen LogP contribution >= 0.6 is 11.8 Å². The highest BCUT2D eigenvalue weighted by atomic mass is 32.2.